The number of benzene rings is 10. The van der Waals surface area contributed by atoms with E-state index in [9.17, 15) is 0 Å². The molecule has 5 heteroatoms. The SMILES string of the molecule is CCCCCCCCCCCCCCCCOc1ccc(-c2cc3c(-c4ccc(OCCCCCCCCCCCCCCCC)cc4)cc4c(-c5ccc(OCCCCCCCCCCCCCCCC)cc5)cc5c(-c6ccc(OCCCCCCCCCCCCCCCC)cc6)cc6c(-c7ccc(OCCCCCCCCCCCCCCCC)cc7)cc2c2c6c5c4c32)cc1. The molecule has 0 bridgehead atoms. The molecule has 0 saturated carbocycles. The monoisotopic (exact) mass is 1830 g/mol. The lowest BCUT2D eigenvalue weighted by Crippen LogP contribution is -1.97. The van der Waals surface area contributed by atoms with E-state index < -0.39 is 0 Å². The Bertz CT molecular complexity index is 4030. The summed E-state index contributed by atoms with van der Waals surface area (Å²) < 4.78 is 33.3. The van der Waals surface area contributed by atoms with Crippen molar-refractivity contribution in [2.24, 2.45) is 0 Å². The number of hydrogen-bond donors (Lipinski definition) is 0. The average Bonchev–Trinajstić information content (AvgIpc) is 1.50. The smallest absolute Gasteiger partial charge is 0.119 e. The van der Waals surface area contributed by atoms with Crippen LogP contribution in [0.15, 0.2) is 152 Å². The summed E-state index contributed by atoms with van der Waals surface area (Å²) in [7, 11) is 0. The molecule has 0 N–H and O–H groups in total. The van der Waals surface area contributed by atoms with Gasteiger partial charge in [0.1, 0.15) is 28.7 Å². The van der Waals surface area contributed by atoms with Crippen LogP contribution in [0.5, 0.6) is 28.7 Å². The second-order valence-corrected chi connectivity index (χ2v) is 41.6. The van der Waals surface area contributed by atoms with Crippen molar-refractivity contribution in [3.8, 4) is 84.4 Å². The Morgan fingerprint density at radius 2 is 0.230 bits per heavy atom. The van der Waals surface area contributed by atoms with Gasteiger partial charge in [0.05, 0.1) is 33.0 Å². The van der Waals surface area contributed by atoms with Crippen molar-refractivity contribution >= 4 is 53.9 Å². The van der Waals surface area contributed by atoms with Crippen molar-refractivity contribution in [3.05, 3.63) is 152 Å². The van der Waals surface area contributed by atoms with Crippen LogP contribution in [0.1, 0.15) is 484 Å². The van der Waals surface area contributed by atoms with Crippen molar-refractivity contribution in [1.82, 2.24) is 0 Å². The Morgan fingerprint density at radius 3 is 0.341 bits per heavy atom. The number of hydrogen-bond acceptors (Lipinski definition) is 5. The van der Waals surface area contributed by atoms with E-state index in [0.29, 0.717) is 0 Å². The van der Waals surface area contributed by atoms with Crippen molar-refractivity contribution in [3.63, 3.8) is 0 Å². The molecule has 0 saturated heterocycles. The van der Waals surface area contributed by atoms with Crippen molar-refractivity contribution in [2.45, 2.75) is 484 Å². The van der Waals surface area contributed by atoms with Gasteiger partial charge in [-0.3, -0.25) is 0 Å². The molecule has 0 amide bonds. The summed E-state index contributed by atoms with van der Waals surface area (Å²) in [6, 6.07) is 58.8. The largest absolute Gasteiger partial charge is 0.494 e. The van der Waals surface area contributed by atoms with Crippen molar-refractivity contribution in [1.29, 1.82) is 0 Å². The van der Waals surface area contributed by atoms with Crippen LogP contribution in [-0.4, -0.2) is 33.0 Å². The van der Waals surface area contributed by atoms with E-state index in [-0.39, 0.29) is 0 Å². The number of ether oxygens (including phenoxy) is 5. The molecule has 0 aliphatic heterocycles. The minimum atomic E-state index is 0.741. The van der Waals surface area contributed by atoms with Gasteiger partial charge in [-0.2, -0.15) is 0 Å². The van der Waals surface area contributed by atoms with E-state index in [4.69, 9.17) is 23.7 Å². The highest BCUT2D eigenvalue weighted by Gasteiger charge is 2.30. The second kappa shape index (κ2) is 67.0. The fourth-order valence-electron chi connectivity index (χ4n) is 21.8. The van der Waals surface area contributed by atoms with Gasteiger partial charge in [-0.15, -0.1) is 0 Å². The second-order valence-electron chi connectivity index (χ2n) is 41.6. The third kappa shape index (κ3) is 37.9. The standard InChI is InChI=1S/C130H190O5/c1-6-11-16-21-26-31-36-41-46-51-56-61-66-71-96-131-111-86-76-106(77-87-111)116-101-122-118(108-80-90-113(91-81-108)133-98-73-68-63-58-53-48-43-38-33-28-23-18-13-8-3)103-124-120(110-84-94-115(95-85-110)135-100-75-70-65-60-55-50-45-40-35-30-25-20-15-10-5)105-125-119(109-82-92-114(93-83-109)134-99-74-69-64-59-54-49-44-39-34-29-24-19-14-9-4)104-123-117(102-121(116)126-127(122)129(124)130(125)128(123)126)107-78-88-112(89-79-107)132-97-72-67-62-57-52-47-42-37-32-27-22-17-12-7-2/h76-95,101-105H,6-75,96-100H2,1-5H3. The molecule has 11 aromatic carbocycles. The molecule has 0 atom stereocenters. The molecule has 740 valence electrons. The molecular formula is C130H190O5. The molecule has 0 aromatic heterocycles. The molecule has 0 heterocycles. The predicted molar refractivity (Wildman–Crippen MR) is 594 cm³/mol. The van der Waals surface area contributed by atoms with Gasteiger partial charge in [-0.25, -0.2) is 0 Å². The highest BCUT2D eigenvalue weighted by molar-refractivity contribution is 6.49. The molecule has 0 aliphatic rings. The van der Waals surface area contributed by atoms with Crippen LogP contribution in [0.2, 0.25) is 0 Å². The summed E-state index contributed by atoms with van der Waals surface area (Å²) in [5, 5.41) is 13.1. The Labute approximate surface area is 825 Å². The molecule has 11 aromatic rings. The van der Waals surface area contributed by atoms with Crippen LogP contribution in [0.25, 0.3) is 109 Å². The summed E-state index contributed by atoms with van der Waals surface area (Å²) >= 11 is 0. The van der Waals surface area contributed by atoms with Crippen LogP contribution in [0.3, 0.4) is 0 Å². The predicted octanol–water partition coefficient (Wildman–Crippen LogP) is 43.4. The number of rotatable bonds is 85. The van der Waals surface area contributed by atoms with Crippen LogP contribution < -0.4 is 23.7 Å². The summed E-state index contributed by atoms with van der Waals surface area (Å²) in [5.74, 6) is 4.71. The van der Waals surface area contributed by atoms with Crippen LogP contribution in [0.4, 0.5) is 0 Å². The average molecular weight is 1830 g/mol. The van der Waals surface area contributed by atoms with E-state index in [1.165, 1.54) is 527 Å². The summed E-state index contributed by atoms with van der Waals surface area (Å²) in [5.41, 5.74) is 12.2. The maximum atomic E-state index is 6.66. The molecule has 135 heavy (non-hydrogen) atoms. The van der Waals surface area contributed by atoms with Crippen molar-refractivity contribution < 1.29 is 23.7 Å². The Morgan fingerprint density at radius 1 is 0.126 bits per heavy atom. The lowest BCUT2D eigenvalue weighted by molar-refractivity contribution is 0.304. The van der Waals surface area contributed by atoms with Gasteiger partial charge in [0, 0.05) is 0 Å². The first-order valence-corrected chi connectivity index (χ1v) is 58.0. The lowest BCUT2D eigenvalue weighted by atomic mass is 9.86. The van der Waals surface area contributed by atoms with E-state index >= 15 is 0 Å². The first-order chi connectivity index (χ1) is 67.0. The van der Waals surface area contributed by atoms with Gasteiger partial charge in [0.2, 0.25) is 0 Å². The zero-order valence-electron chi connectivity index (χ0n) is 87.0. The van der Waals surface area contributed by atoms with E-state index in [1.807, 2.05) is 0 Å². The van der Waals surface area contributed by atoms with Gasteiger partial charge in [0.25, 0.3) is 0 Å². The van der Waals surface area contributed by atoms with Gasteiger partial charge in [0.15, 0.2) is 0 Å². The molecule has 0 fully saturated rings. The zero-order valence-corrected chi connectivity index (χ0v) is 87.0. The van der Waals surface area contributed by atoms with E-state index in [0.717, 1.165) is 93.9 Å². The van der Waals surface area contributed by atoms with Gasteiger partial charge >= 0.3 is 0 Å². The fourth-order valence-corrected chi connectivity index (χ4v) is 21.8. The summed E-state index contributed by atoms with van der Waals surface area (Å²) in [6.07, 6.45) is 94.3. The molecule has 11 rings (SSSR count). The Hall–Kier alpha value is -7.50. The quantitative estimate of drug-likeness (QED) is 0.0281. The fraction of sp³-hybridized carbons (Fsp3) is 0.615. The Kier molecular flexibility index (Phi) is 53.5. The third-order valence-electron chi connectivity index (χ3n) is 30.2. The highest BCUT2D eigenvalue weighted by atomic mass is 16.5. The first kappa shape index (κ1) is 108. The third-order valence-corrected chi connectivity index (χ3v) is 30.2. The van der Waals surface area contributed by atoms with Gasteiger partial charge < -0.3 is 23.7 Å². The molecule has 0 aliphatic carbocycles. The van der Waals surface area contributed by atoms with Crippen LogP contribution in [0, 0.1) is 0 Å². The highest BCUT2D eigenvalue weighted by Crippen LogP contribution is 2.58. The van der Waals surface area contributed by atoms with Gasteiger partial charge in [-0.1, -0.05) is 513 Å². The first-order valence-electron chi connectivity index (χ1n) is 58.0. The maximum Gasteiger partial charge on any atom is 0.119 e. The lowest BCUT2D eigenvalue weighted by Gasteiger charge is -2.18. The minimum Gasteiger partial charge on any atom is -0.494 e. The molecule has 0 radical (unpaired) electrons. The van der Waals surface area contributed by atoms with E-state index in [1.54, 1.807) is 0 Å². The van der Waals surface area contributed by atoms with Gasteiger partial charge in [-0.05, 0) is 233 Å². The summed E-state index contributed by atoms with van der Waals surface area (Å²) in [6.45, 7) is 15.3. The normalized spacial score (nSPS) is 11.9. The Balaban J connectivity index is 0.900. The zero-order chi connectivity index (χ0) is 93.7. The minimum absolute atomic E-state index is 0.741. The molecule has 5 nitrogen and oxygen atoms in total. The van der Waals surface area contributed by atoms with Crippen LogP contribution >= 0.6 is 0 Å². The maximum absolute atomic E-state index is 6.66. The number of unbranched alkanes of at least 4 members (excludes halogenated alkanes) is 65. The molecule has 0 spiro atoms. The van der Waals surface area contributed by atoms with E-state index in [2.05, 4.69) is 186 Å². The topological polar surface area (TPSA) is 46.2 Å². The molecular weight excluding hydrogens is 1640 g/mol. The molecule has 0 unspecified atom stereocenters. The van der Waals surface area contributed by atoms with Crippen molar-refractivity contribution in [2.75, 3.05) is 33.0 Å². The summed E-state index contributed by atoms with van der Waals surface area (Å²) in [4.78, 5) is 0. The van der Waals surface area contributed by atoms with Crippen LogP contribution in [-0.2, 0) is 0 Å².